The van der Waals surface area contributed by atoms with Gasteiger partial charge in [-0.3, -0.25) is 4.79 Å². The van der Waals surface area contributed by atoms with Crippen LogP contribution in [0.3, 0.4) is 0 Å². The van der Waals surface area contributed by atoms with Crippen molar-refractivity contribution in [1.29, 1.82) is 0 Å². The highest BCUT2D eigenvalue weighted by atomic mass is 19.3. The average molecular weight is 545 g/mol. The molecule has 2 aliphatic rings. The van der Waals surface area contributed by atoms with Crippen molar-refractivity contribution in [2.75, 3.05) is 23.7 Å². The summed E-state index contributed by atoms with van der Waals surface area (Å²) in [5, 5.41) is 11.2. The number of rotatable bonds is 8. The Morgan fingerprint density at radius 3 is 2.77 bits per heavy atom. The molecule has 2 fully saturated rings. The number of nitrogens with zero attached hydrogens (tertiary/aromatic N) is 3. The zero-order valence-corrected chi connectivity index (χ0v) is 22.0. The van der Waals surface area contributed by atoms with E-state index < -0.39 is 18.3 Å². The van der Waals surface area contributed by atoms with E-state index in [0.29, 0.717) is 34.5 Å². The van der Waals surface area contributed by atoms with Crippen LogP contribution in [0.5, 0.6) is 11.6 Å². The van der Waals surface area contributed by atoms with Crippen LogP contribution in [0.2, 0.25) is 0 Å². The van der Waals surface area contributed by atoms with E-state index >= 15 is 0 Å². The molecule has 2 aromatic carbocycles. The molecule has 0 radical (unpaired) electrons. The fourth-order valence-electron chi connectivity index (χ4n) is 5.20. The standard InChI is InChI=1S/C30H30F2N6O2/c1-17-9-10-19-20(6-2-8-24(19)37-28(39)23-15-22(23)27(31)32)26(17)40-29-21(7-4-13-34-29)25-11-14-35-30(38-25)36-18-5-3-12-33-16-18/h2,4,6-11,13-14,18,22-23,27,33H,3,5,12,15-16H2,1H3,(H,37,39)(H,35,36,38)/t18-,22+,23+/m0/s1. The van der Waals surface area contributed by atoms with Crippen molar-refractivity contribution in [3.8, 4) is 22.9 Å². The second-order valence-corrected chi connectivity index (χ2v) is 10.4. The van der Waals surface area contributed by atoms with Crippen molar-refractivity contribution in [1.82, 2.24) is 20.3 Å². The number of hydrogen-bond acceptors (Lipinski definition) is 7. The molecule has 8 nitrogen and oxygen atoms in total. The smallest absolute Gasteiger partial charge is 0.242 e. The molecular weight excluding hydrogens is 514 g/mol. The van der Waals surface area contributed by atoms with Crippen molar-refractivity contribution in [3.05, 3.63) is 66.5 Å². The van der Waals surface area contributed by atoms with Crippen LogP contribution in [0.15, 0.2) is 60.9 Å². The predicted molar refractivity (Wildman–Crippen MR) is 150 cm³/mol. The SMILES string of the molecule is Cc1ccc2c(NC(=O)[C@@H]3C[C@H]3C(F)F)cccc2c1Oc1ncccc1-c1ccnc(N[C@H]2CCCNC2)n1. The zero-order chi connectivity index (χ0) is 27.6. The van der Waals surface area contributed by atoms with E-state index in [4.69, 9.17) is 9.72 Å². The number of aryl methyl sites for hydroxylation is 1. The van der Waals surface area contributed by atoms with Crippen molar-refractivity contribution < 1.29 is 18.3 Å². The lowest BCUT2D eigenvalue weighted by Gasteiger charge is -2.23. The van der Waals surface area contributed by atoms with E-state index in [-0.39, 0.29) is 18.4 Å². The molecule has 3 heterocycles. The molecule has 1 aliphatic carbocycles. The summed E-state index contributed by atoms with van der Waals surface area (Å²) in [6.07, 6.45) is 3.26. The summed E-state index contributed by atoms with van der Waals surface area (Å²) in [5.74, 6) is -0.387. The maximum atomic E-state index is 13.0. The van der Waals surface area contributed by atoms with Crippen LogP contribution in [0.25, 0.3) is 22.0 Å². The highest BCUT2D eigenvalue weighted by molar-refractivity contribution is 6.05. The van der Waals surface area contributed by atoms with Gasteiger partial charge in [-0.2, -0.15) is 0 Å². The van der Waals surface area contributed by atoms with Crippen molar-refractivity contribution in [2.24, 2.45) is 11.8 Å². The molecule has 2 aromatic heterocycles. The van der Waals surface area contributed by atoms with E-state index in [2.05, 4.69) is 25.9 Å². The van der Waals surface area contributed by atoms with Crippen LogP contribution in [-0.4, -0.2) is 46.4 Å². The number of amides is 1. The first-order valence-corrected chi connectivity index (χ1v) is 13.5. The average Bonchev–Trinajstić information content (AvgIpc) is 3.78. The fraction of sp³-hybridized carbons (Fsp3) is 0.333. The highest BCUT2D eigenvalue weighted by Crippen LogP contribution is 2.44. The first-order chi connectivity index (χ1) is 19.5. The Kier molecular flexibility index (Phi) is 7.25. The third-order valence-corrected chi connectivity index (χ3v) is 7.50. The van der Waals surface area contributed by atoms with E-state index in [1.165, 1.54) is 0 Å². The Balaban J connectivity index is 1.29. The number of anilines is 2. The van der Waals surface area contributed by atoms with Gasteiger partial charge in [0.15, 0.2) is 0 Å². The van der Waals surface area contributed by atoms with Crippen molar-refractivity contribution in [2.45, 2.75) is 38.7 Å². The molecule has 1 saturated heterocycles. The second-order valence-electron chi connectivity index (χ2n) is 10.4. The Hall–Kier alpha value is -4.18. The number of fused-ring (bicyclic) bond motifs is 1. The van der Waals surface area contributed by atoms with Crippen LogP contribution in [-0.2, 0) is 4.79 Å². The van der Waals surface area contributed by atoms with Gasteiger partial charge in [-0.1, -0.05) is 24.3 Å². The Bertz CT molecular complexity index is 1540. The maximum Gasteiger partial charge on any atom is 0.242 e. The van der Waals surface area contributed by atoms with Gasteiger partial charge in [0, 0.05) is 53.3 Å². The number of halogens is 2. The van der Waals surface area contributed by atoms with Gasteiger partial charge in [0.2, 0.25) is 24.2 Å². The quantitative estimate of drug-likeness (QED) is 0.258. The molecule has 3 atom stereocenters. The summed E-state index contributed by atoms with van der Waals surface area (Å²) >= 11 is 0. The number of pyridine rings is 1. The van der Waals surface area contributed by atoms with Gasteiger partial charge in [-0.05, 0) is 62.6 Å². The van der Waals surface area contributed by atoms with Crippen molar-refractivity contribution >= 4 is 28.3 Å². The third-order valence-electron chi connectivity index (χ3n) is 7.50. The summed E-state index contributed by atoms with van der Waals surface area (Å²) in [6, 6.07) is 15.1. The topological polar surface area (TPSA) is 101 Å². The molecule has 0 spiro atoms. The zero-order valence-electron chi connectivity index (χ0n) is 22.0. The molecule has 6 rings (SSSR count). The molecular formula is C30H30F2N6O2. The van der Waals surface area contributed by atoms with Gasteiger partial charge in [-0.25, -0.2) is 23.7 Å². The lowest BCUT2D eigenvalue weighted by atomic mass is 10.0. The lowest BCUT2D eigenvalue weighted by molar-refractivity contribution is -0.118. The maximum absolute atomic E-state index is 13.0. The van der Waals surface area contributed by atoms with Gasteiger partial charge < -0.3 is 20.7 Å². The first kappa shape index (κ1) is 26.1. The highest BCUT2D eigenvalue weighted by Gasteiger charge is 2.48. The van der Waals surface area contributed by atoms with Gasteiger partial charge in [0.05, 0.1) is 11.3 Å². The van der Waals surface area contributed by atoms with Crippen LogP contribution < -0.4 is 20.7 Å². The van der Waals surface area contributed by atoms with Crippen LogP contribution in [0.1, 0.15) is 24.8 Å². The molecule has 4 aromatic rings. The summed E-state index contributed by atoms with van der Waals surface area (Å²) < 4.78 is 32.4. The lowest BCUT2D eigenvalue weighted by Crippen LogP contribution is -2.38. The summed E-state index contributed by atoms with van der Waals surface area (Å²) in [5.41, 5.74) is 2.81. The van der Waals surface area contributed by atoms with Gasteiger partial charge in [-0.15, -0.1) is 0 Å². The minimum absolute atomic E-state index is 0.210. The van der Waals surface area contributed by atoms with E-state index in [1.807, 2.05) is 49.4 Å². The van der Waals surface area contributed by atoms with Gasteiger partial charge in [0.1, 0.15) is 5.75 Å². The van der Waals surface area contributed by atoms with E-state index in [9.17, 15) is 13.6 Å². The number of piperidine rings is 1. The van der Waals surface area contributed by atoms with Crippen LogP contribution in [0.4, 0.5) is 20.4 Å². The van der Waals surface area contributed by atoms with Gasteiger partial charge in [0.25, 0.3) is 0 Å². The Morgan fingerprint density at radius 1 is 1.07 bits per heavy atom. The van der Waals surface area contributed by atoms with E-state index in [0.717, 1.165) is 42.3 Å². The molecule has 10 heteroatoms. The summed E-state index contributed by atoms with van der Waals surface area (Å²) in [7, 11) is 0. The summed E-state index contributed by atoms with van der Waals surface area (Å²) in [6.45, 7) is 3.83. The van der Waals surface area contributed by atoms with E-state index in [1.54, 1.807) is 18.5 Å². The number of carbonyl (C=O) groups is 1. The Labute approximate surface area is 230 Å². The number of benzene rings is 2. The molecule has 1 amide bonds. The predicted octanol–water partition coefficient (Wildman–Crippen LogP) is 5.80. The summed E-state index contributed by atoms with van der Waals surface area (Å²) in [4.78, 5) is 26.3. The van der Waals surface area contributed by atoms with Crippen molar-refractivity contribution in [3.63, 3.8) is 0 Å². The third kappa shape index (κ3) is 5.44. The molecule has 206 valence electrons. The number of aromatic nitrogens is 3. The minimum atomic E-state index is -2.48. The van der Waals surface area contributed by atoms with Gasteiger partial charge >= 0.3 is 0 Å². The number of ether oxygens (including phenoxy) is 1. The molecule has 1 saturated carbocycles. The monoisotopic (exact) mass is 544 g/mol. The number of alkyl halides is 2. The van der Waals surface area contributed by atoms with Crippen LogP contribution in [0, 0.1) is 18.8 Å². The number of nitrogens with one attached hydrogen (secondary N) is 3. The first-order valence-electron chi connectivity index (χ1n) is 13.5. The normalized spacial score (nSPS) is 20.4. The Morgan fingerprint density at radius 2 is 1.98 bits per heavy atom. The number of hydrogen-bond donors (Lipinski definition) is 3. The molecule has 3 N–H and O–H groups in total. The molecule has 1 aliphatic heterocycles. The second kappa shape index (κ2) is 11.1. The molecule has 0 unspecified atom stereocenters. The number of carbonyl (C=O) groups excluding carboxylic acids is 1. The van der Waals surface area contributed by atoms with Crippen LogP contribution >= 0.6 is 0 Å². The minimum Gasteiger partial charge on any atom is -0.437 e. The fourth-order valence-corrected chi connectivity index (χ4v) is 5.20. The molecule has 40 heavy (non-hydrogen) atoms. The largest absolute Gasteiger partial charge is 0.437 e. The molecule has 0 bridgehead atoms.